The second-order valence-electron chi connectivity index (χ2n) is 17.8. The second kappa shape index (κ2) is 22.0. The molecular weight excluding hydrogens is 829 g/mol. The van der Waals surface area contributed by atoms with Crippen LogP contribution in [0.2, 0.25) is 0 Å². The predicted octanol–water partition coefficient (Wildman–Crippen LogP) is 11.0. The fourth-order valence-electron chi connectivity index (χ4n) is 10.6. The third kappa shape index (κ3) is 10.2. The molecule has 0 spiro atoms. The van der Waals surface area contributed by atoms with Crippen molar-refractivity contribution in [3.8, 4) is 23.0 Å². The maximum atomic E-state index is 15.0. The molecule has 66 heavy (non-hydrogen) atoms. The molecule has 346 valence electrons. The summed E-state index contributed by atoms with van der Waals surface area (Å²) in [6.45, 7) is 7.32. The largest absolute Gasteiger partial charge is 0.497 e. The maximum Gasteiger partial charge on any atom is 0.239 e. The number of carbonyl (C=O) groups excluding carboxylic acids is 1. The number of fused-ring (bicyclic) bond motifs is 3. The molecule has 0 bridgehead atoms. The van der Waals surface area contributed by atoms with Crippen molar-refractivity contribution in [2.45, 2.75) is 89.1 Å². The first-order valence-electron chi connectivity index (χ1n) is 23.7. The van der Waals surface area contributed by atoms with Crippen LogP contribution in [0.25, 0.3) is 10.8 Å². The van der Waals surface area contributed by atoms with E-state index in [1.165, 1.54) is 0 Å². The van der Waals surface area contributed by atoms with Crippen molar-refractivity contribution in [1.82, 2.24) is 4.90 Å². The minimum atomic E-state index is -1.36. The molecule has 5 aromatic carbocycles. The van der Waals surface area contributed by atoms with Crippen LogP contribution in [0.1, 0.15) is 80.9 Å². The number of benzene rings is 5. The summed E-state index contributed by atoms with van der Waals surface area (Å²) in [5.41, 5.74) is 4.59. The van der Waals surface area contributed by atoms with Gasteiger partial charge in [0.2, 0.25) is 11.7 Å². The first kappa shape index (κ1) is 46.6. The van der Waals surface area contributed by atoms with Crippen LogP contribution in [-0.2, 0) is 27.4 Å². The molecule has 2 N–H and O–H groups in total. The van der Waals surface area contributed by atoms with E-state index in [0.717, 1.165) is 70.2 Å². The van der Waals surface area contributed by atoms with E-state index in [1.54, 1.807) is 13.2 Å². The summed E-state index contributed by atoms with van der Waals surface area (Å²) in [4.78, 5) is 23.3. The van der Waals surface area contributed by atoms with E-state index in [2.05, 4.69) is 49.9 Å². The Bertz CT molecular complexity index is 2490. The van der Waals surface area contributed by atoms with Gasteiger partial charge in [-0.2, -0.15) is 0 Å². The SMILES string of the molecule is C=CCOC12Oc3ccc(Oc4ccc5ccccc5c4)cc3C3C(CCCCO)C(CCCCO)C=C(C(=NOCc4ccccc4)CC1N(CCC)C(=O)Cc1cccc(OC)c1)C32. The Kier molecular flexibility index (Phi) is 15.6. The number of hydrogen-bond acceptors (Lipinski definition) is 9. The van der Waals surface area contributed by atoms with Crippen LogP contribution < -0.4 is 14.2 Å². The number of amides is 1. The lowest BCUT2D eigenvalue weighted by atomic mass is 9.55. The average molecular weight is 893 g/mol. The number of allylic oxidation sites excluding steroid dienone is 1. The molecule has 0 radical (unpaired) electrons. The van der Waals surface area contributed by atoms with E-state index < -0.39 is 17.7 Å². The van der Waals surface area contributed by atoms with Crippen molar-refractivity contribution in [3.05, 3.63) is 156 Å². The molecule has 10 nitrogen and oxygen atoms in total. The quantitative estimate of drug-likeness (QED) is 0.0401. The molecule has 1 amide bonds. The molecule has 6 atom stereocenters. The highest BCUT2D eigenvalue weighted by molar-refractivity contribution is 6.03. The topological polar surface area (TPSA) is 119 Å². The fraction of sp³-hybridized carbons (Fsp3) is 0.393. The summed E-state index contributed by atoms with van der Waals surface area (Å²) in [5.74, 6) is 0.908. The van der Waals surface area contributed by atoms with Crippen LogP contribution in [0, 0.1) is 17.8 Å². The van der Waals surface area contributed by atoms with Crippen LogP contribution in [0.3, 0.4) is 0 Å². The number of unbranched alkanes of at least 4 members (excludes halogenated alkanes) is 2. The van der Waals surface area contributed by atoms with Crippen molar-refractivity contribution >= 4 is 22.4 Å². The van der Waals surface area contributed by atoms with Gasteiger partial charge in [0.05, 0.1) is 31.8 Å². The zero-order valence-electron chi connectivity index (χ0n) is 38.4. The highest BCUT2D eigenvalue weighted by Gasteiger charge is 2.65. The lowest BCUT2D eigenvalue weighted by Gasteiger charge is -2.60. The first-order valence-corrected chi connectivity index (χ1v) is 23.7. The number of hydrogen-bond donors (Lipinski definition) is 2. The molecule has 5 aromatic rings. The zero-order valence-corrected chi connectivity index (χ0v) is 38.4. The van der Waals surface area contributed by atoms with Crippen molar-refractivity contribution < 1.29 is 38.8 Å². The molecule has 0 saturated heterocycles. The molecule has 8 rings (SSSR count). The molecule has 1 aliphatic heterocycles. The average Bonchev–Trinajstić information content (AvgIpc) is 3.34. The van der Waals surface area contributed by atoms with Gasteiger partial charge in [0.1, 0.15) is 35.6 Å². The molecule has 0 aromatic heterocycles. The van der Waals surface area contributed by atoms with Gasteiger partial charge in [-0.25, -0.2) is 0 Å². The Balaban J connectivity index is 1.31. The smallest absolute Gasteiger partial charge is 0.239 e. The number of rotatable bonds is 22. The molecule has 1 fully saturated rings. The summed E-state index contributed by atoms with van der Waals surface area (Å²) < 4.78 is 26.9. The minimum Gasteiger partial charge on any atom is -0.497 e. The standard InChI is InChI=1S/C56H64N2O8/c1-4-28-58(53(61)33-40-18-15-22-44(32-40)62-3)52-37-50(57-64-38-39-16-7-6-8-17-39)48-35-43(21-11-13-29-59)47(23-12-14-30-60)54-49-36-46(65-45-25-24-41-19-9-10-20-42(41)34-45)26-27-51(49)66-56(52,55(48)54)63-31-5-2/h5-10,15-20,22,24-27,32,34-36,43,47,52,54-55,59-60H,2,4,11-14,21,23,28-31,33,37-38H2,1,3H3. The van der Waals surface area contributed by atoms with Gasteiger partial charge in [-0.15, -0.1) is 6.58 Å². The molecular formula is C56H64N2O8. The summed E-state index contributed by atoms with van der Waals surface area (Å²) in [7, 11) is 1.63. The van der Waals surface area contributed by atoms with Crippen LogP contribution in [0.5, 0.6) is 23.0 Å². The van der Waals surface area contributed by atoms with Crippen molar-refractivity contribution in [2.24, 2.45) is 22.9 Å². The van der Waals surface area contributed by atoms with Crippen molar-refractivity contribution in [1.29, 1.82) is 0 Å². The third-order valence-electron chi connectivity index (χ3n) is 13.5. The molecule has 2 aliphatic carbocycles. The molecule has 10 heteroatoms. The van der Waals surface area contributed by atoms with Gasteiger partial charge in [-0.05, 0) is 114 Å². The number of oxime groups is 1. The van der Waals surface area contributed by atoms with Crippen molar-refractivity contribution in [3.63, 3.8) is 0 Å². The van der Waals surface area contributed by atoms with E-state index in [1.807, 2.05) is 89.8 Å². The second-order valence-corrected chi connectivity index (χ2v) is 17.8. The molecule has 1 heterocycles. The van der Waals surface area contributed by atoms with Gasteiger partial charge in [-0.3, -0.25) is 4.79 Å². The van der Waals surface area contributed by atoms with E-state index in [9.17, 15) is 10.2 Å². The molecule has 3 aliphatic rings. The Labute approximate surface area is 389 Å². The lowest BCUT2D eigenvalue weighted by molar-refractivity contribution is -0.257. The van der Waals surface area contributed by atoms with E-state index >= 15 is 4.79 Å². The van der Waals surface area contributed by atoms with E-state index in [4.69, 9.17) is 28.9 Å². The number of ether oxygens (including phenoxy) is 4. The van der Waals surface area contributed by atoms with E-state index in [0.29, 0.717) is 49.5 Å². The highest BCUT2D eigenvalue weighted by Crippen LogP contribution is 2.62. The monoisotopic (exact) mass is 892 g/mol. The normalized spacial score (nSPS) is 22.4. The highest BCUT2D eigenvalue weighted by atomic mass is 16.7. The summed E-state index contributed by atoms with van der Waals surface area (Å²) >= 11 is 0. The van der Waals surface area contributed by atoms with Gasteiger partial charge in [0.15, 0.2) is 0 Å². The number of methoxy groups -OCH3 is 1. The Morgan fingerprint density at radius 3 is 2.36 bits per heavy atom. The van der Waals surface area contributed by atoms with Crippen LogP contribution in [-0.4, -0.2) is 72.0 Å². The van der Waals surface area contributed by atoms with Gasteiger partial charge >= 0.3 is 0 Å². The predicted molar refractivity (Wildman–Crippen MR) is 259 cm³/mol. The number of aliphatic hydroxyl groups is 2. The molecule has 1 saturated carbocycles. The van der Waals surface area contributed by atoms with Gasteiger partial charge in [-0.1, -0.05) is 110 Å². The van der Waals surface area contributed by atoms with Gasteiger partial charge in [0.25, 0.3) is 0 Å². The number of nitrogens with zero attached hydrogens (tertiary/aromatic N) is 2. The van der Waals surface area contributed by atoms with E-state index in [-0.39, 0.29) is 56.5 Å². The Hall–Kier alpha value is -5.94. The van der Waals surface area contributed by atoms with Crippen LogP contribution >= 0.6 is 0 Å². The summed E-state index contributed by atoms with van der Waals surface area (Å²) in [6.07, 6.45) is 10.0. The Morgan fingerprint density at radius 1 is 0.848 bits per heavy atom. The maximum absolute atomic E-state index is 15.0. The van der Waals surface area contributed by atoms with Crippen molar-refractivity contribution in [2.75, 3.05) is 33.5 Å². The minimum absolute atomic E-state index is 0.0593. The number of carbonyl (C=O) groups is 1. The first-order chi connectivity index (χ1) is 32.4. The van der Waals surface area contributed by atoms with Crippen LogP contribution in [0.4, 0.5) is 0 Å². The molecule has 6 unspecified atom stereocenters. The van der Waals surface area contributed by atoms with Crippen LogP contribution in [0.15, 0.2) is 145 Å². The zero-order chi connectivity index (χ0) is 45.9. The number of aliphatic hydroxyl groups excluding tert-OH is 2. The lowest BCUT2D eigenvalue weighted by Crippen LogP contribution is -2.70. The fourth-order valence-corrected chi connectivity index (χ4v) is 10.6. The third-order valence-corrected chi connectivity index (χ3v) is 13.5. The summed E-state index contributed by atoms with van der Waals surface area (Å²) in [5, 5.41) is 27.3. The Morgan fingerprint density at radius 2 is 1.59 bits per heavy atom. The summed E-state index contributed by atoms with van der Waals surface area (Å²) in [6, 6.07) is 37.5. The van der Waals surface area contributed by atoms with Gasteiger partial charge < -0.3 is 38.9 Å². The van der Waals surface area contributed by atoms with Gasteiger partial charge in [0, 0.05) is 37.7 Å².